The summed E-state index contributed by atoms with van der Waals surface area (Å²) in [6, 6.07) is 3.72. The maximum Gasteiger partial charge on any atom is 0.260 e. The van der Waals surface area contributed by atoms with E-state index in [9.17, 15) is 14.3 Å². The van der Waals surface area contributed by atoms with E-state index < -0.39 is 11.9 Å². The highest BCUT2D eigenvalue weighted by Crippen LogP contribution is 2.24. The zero-order chi connectivity index (χ0) is 13.1. The largest absolute Gasteiger partial charge is 0.482 e. The van der Waals surface area contributed by atoms with Gasteiger partial charge in [-0.15, -0.1) is 0 Å². The number of aliphatic hydroxyl groups is 1. The number of β-amino-alcohol motifs (C(OH)–C–C–N with tert-alkyl or cyclic N) is 1. The molecule has 1 aromatic carbocycles. The van der Waals surface area contributed by atoms with E-state index in [1.165, 1.54) is 17.0 Å². The van der Waals surface area contributed by atoms with E-state index in [4.69, 9.17) is 16.3 Å². The molecule has 0 unspecified atom stereocenters. The lowest BCUT2D eigenvalue weighted by Gasteiger charge is -2.16. The Balaban J connectivity index is 1.89. The Hall–Kier alpha value is -1.33. The number of nitrogens with zero attached hydrogens (tertiary/aromatic N) is 1. The molecule has 0 bridgehead atoms. The summed E-state index contributed by atoms with van der Waals surface area (Å²) < 4.78 is 18.0. The molecule has 2 rings (SSSR count). The Morgan fingerprint density at radius 3 is 3.00 bits per heavy atom. The second-order valence-corrected chi connectivity index (χ2v) is 4.55. The van der Waals surface area contributed by atoms with Crippen molar-refractivity contribution in [2.45, 2.75) is 12.5 Å². The van der Waals surface area contributed by atoms with Crippen LogP contribution >= 0.6 is 11.6 Å². The first-order valence-corrected chi connectivity index (χ1v) is 5.98. The number of hydrogen-bond acceptors (Lipinski definition) is 3. The van der Waals surface area contributed by atoms with Gasteiger partial charge in [0.1, 0.15) is 11.6 Å². The molecule has 1 aromatic rings. The molecule has 1 N–H and O–H groups in total. The van der Waals surface area contributed by atoms with Crippen molar-refractivity contribution in [3.63, 3.8) is 0 Å². The highest BCUT2D eigenvalue weighted by molar-refractivity contribution is 6.32. The minimum absolute atomic E-state index is 0.129. The topological polar surface area (TPSA) is 49.8 Å². The molecule has 0 spiro atoms. The van der Waals surface area contributed by atoms with Crippen LogP contribution in [0.15, 0.2) is 18.2 Å². The van der Waals surface area contributed by atoms with Crippen LogP contribution < -0.4 is 4.74 Å². The summed E-state index contributed by atoms with van der Waals surface area (Å²) in [5.41, 5.74) is 0. The van der Waals surface area contributed by atoms with Crippen molar-refractivity contribution in [3.8, 4) is 5.75 Å². The van der Waals surface area contributed by atoms with Gasteiger partial charge in [0.25, 0.3) is 5.91 Å². The fourth-order valence-electron chi connectivity index (χ4n) is 1.79. The lowest BCUT2D eigenvalue weighted by molar-refractivity contribution is -0.132. The molecule has 6 heteroatoms. The van der Waals surface area contributed by atoms with Gasteiger partial charge >= 0.3 is 0 Å². The summed E-state index contributed by atoms with van der Waals surface area (Å²) in [6.07, 6.45) is 0.131. The van der Waals surface area contributed by atoms with Crippen molar-refractivity contribution >= 4 is 17.5 Å². The quantitative estimate of drug-likeness (QED) is 0.907. The fraction of sp³-hybridized carbons (Fsp3) is 0.417. The van der Waals surface area contributed by atoms with Crippen LogP contribution in [-0.2, 0) is 4.79 Å². The smallest absolute Gasteiger partial charge is 0.260 e. The molecule has 0 saturated carbocycles. The van der Waals surface area contributed by atoms with Gasteiger partial charge in [-0.3, -0.25) is 4.79 Å². The van der Waals surface area contributed by atoms with Crippen LogP contribution in [0.2, 0.25) is 5.02 Å². The highest BCUT2D eigenvalue weighted by Gasteiger charge is 2.24. The third-order valence-corrected chi connectivity index (χ3v) is 3.06. The van der Waals surface area contributed by atoms with Crippen LogP contribution in [0.4, 0.5) is 4.39 Å². The zero-order valence-corrected chi connectivity index (χ0v) is 10.4. The number of hydrogen-bond donors (Lipinski definition) is 1. The molecule has 0 aliphatic carbocycles. The van der Waals surface area contributed by atoms with Crippen LogP contribution in [0.3, 0.4) is 0 Å². The van der Waals surface area contributed by atoms with Gasteiger partial charge in [0, 0.05) is 13.1 Å². The predicted molar refractivity (Wildman–Crippen MR) is 64.1 cm³/mol. The highest BCUT2D eigenvalue weighted by atomic mass is 35.5. The van der Waals surface area contributed by atoms with Gasteiger partial charge < -0.3 is 14.7 Å². The van der Waals surface area contributed by atoms with E-state index in [2.05, 4.69) is 0 Å². The second-order valence-electron chi connectivity index (χ2n) is 4.15. The summed E-state index contributed by atoms with van der Waals surface area (Å²) in [4.78, 5) is 13.2. The molecular formula is C12H13ClFNO3. The summed E-state index contributed by atoms with van der Waals surface area (Å²) in [5, 5.41) is 9.44. The Kier molecular flexibility index (Phi) is 4.04. The number of rotatable bonds is 3. The van der Waals surface area contributed by atoms with Crippen molar-refractivity contribution < 1.29 is 19.0 Å². The first-order valence-electron chi connectivity index (χ1n) is 5.60. The minimum Gasteiger partial charge on any atom is -0.482 e. The van der Waals surface area contributed by atoms with Crippen molar-refractivity contribution in [1.29, 1.82) is 0 Å². The third-order valence-electron chi connectivity index (χ3n) is 2.76. The SMILES string of the molecule is O=C(COc1ccc(F)cc1Cl)N1CC[C@@H](O)C1. The minimum atomic E-state index is -0.457. The molecule has 98 valence electrons. The maximum absolute atomic E-state index is 12.8. The normalized spacial score (nSPS) is 19.1. The first-order chi connectivity index (χ1) is 8.56. The average Bonchev–Trinajstić information content (AvgIpc) is 2.74. The summed E-state index contributed by atoms with van der Waals surface area (Å²) in [7, 11) is 0. The number of halogens is 2. The first kappa shape index (κ1) is 13.1. The van der Waals surface area contributed by atoms with E-state index in [0.717, 1.165) is 6.07 Å². The second kappa shape index (κ2) is 5.54. The van der Waals surface area contributed by atoms with Crippen molar-refractivity contribution in [2.75, 3.05) is 19.7 Å². The number of ether oxygens (including phenoxy) is 1. The Bertz CT molecular complexity index is 455. The molecule has 0 radical (unpaired) electrons. The number of likely N-dealkylation sites (tertiary alicyclic amines) is 1. The summed E-state index contributed by atoms with van der Waals surface area (Å²) in [5.74, 6) is -0.403. The van der Waals surface area contributed by atoms with Crippen LogP contribution in [0.25, 0.3) is 0 Å². The van der Waals surface area contributed by atoms with E-state index in [0.29, 0.717) is 19.5 Å². The number of carbonyl (C=O) groups excluding carboxylic acids is 1. The van der Waals surface area contributed by atoms with Gasteiger partial charge in [-0.1, -0.05) is 11.6 Å². The third kappa shape index (κ3) is 3.11. The predicted octanol–water partition coefficient (Wildman–Crippen LogP) is 1.45. The number of aliphatic hydroxyl groups excluding tert-OH is 1. The van der Waals surface area contributed by atoms with Crippen LogP contribution in [0, 0.1) is 5.82 Å². The van der Waals surface area contributed by atoms with Gasteiger partial charge in [0.2, 0.25) is 0 Å². The van der Waals surface area contributed by atoms with Crippen molar-refractivity contribution in [1.82, 2.24) is 4.90 Å². The molecule has 1 saturated heterocycles. The molecular weight excluding hydrogens is 261 g/mol. The van der Waals surface area contributed by atoms with E-state index in [-0.39, 0.29) is 23.3 Å². The molecule has 1 aliphatic rings. The fourth-order valence-corrected chi connectivity index (χ4v) is 2.01. The standard InChI is InChI=1S/C12H13ClFNO3/c13-10-5-8(14)1-2-11(10)18-7-12(17)15-4-3-9(16)6-15/h1-2,5,9,16H,3-4,6-7H2/t9-/m1/s1. The summed E-state index contributed by atoms with van der Waals surface area (Å²) >= 11 is 5.77. The average molecular weight is 274 g/mol. The Labute approximate surface area is 109 Å². The molecule has 1 atom stereocenters. The molecule has 18 heavy (non-hydrogen) atoms. The van der Waals surface area contributed by atoms with Gasteiger partial charge in [0.05, 0.1) is 11.1 Å². The number of amides is 1. The molecule has 0 aromatic heterocycles. The van der Waals surface area contributed by atoms with E-state index in [1.54, 1.807) is 0 Å². The van der Waals surface area contributed by atoms with Crippen LogP contribution in [0.1, 0.15) is 6.42 Å². The van der Waals surface area contributed by atoms with Gasteiger partial charge in [0.15, 0.2) is 6.61 Å². The number of benzene rings is 1. The lowest BCUT2D eigenvalue weighted by atomic mass is 10.3. The Morgan fingerprint density at radius 1 is 1.61 bits per heavy atom. The number of carbonyl (C=O) groups is 1. The monoisotopic (exact) mass is 273 g/mol. The maximum atomic E-state index is 12.8. The van der Waals surface area contributed by atoms with Crippen LogP contribution in [-0.4, -0.2) is 41.7 Å². The van der Waals surface area contributed by atoms with E-state index >= 15 is 0 Å². The van der Waals surface area contributed by atoms with Crippen molar-refractivity contribution in [3.05, 3.63) is 29.0 Å². The van der Waals surface area contributed by atoms with Gasteiger partial charge in [-0.05, 0) is 24.6 Å². The summed E-state index contributed by atoms with van der Waals surface area (Å²) in [6.45, 7) is 0.692. The zero-order valence-electron chi connectivity index (χ0n) is 9.60. The van der Waals surface area contributed by atoms with Crippen molar-refractivity contribution in [2.24, 2.45) is 0 Å². The molecule has 1 fully saturated rings. The van der Waals surface area contributed by atoms with Gasteiger partial charge in [-0.2, -0.15) is 0 Å². The van der Waals surface area contributed by atoms with E-state index in [1.807, 2.05) is 0 Å². The molecule has 1 heterocycles. The Morgan fingerprint density at radius 2 is 2.39 bits per heavy atom. The molecule has 1 amide bonds. The molecule has 1 aliphatic heterocycles. The van der Waals surface area contributed by atoms with Crippen LogP contribution in [0.5, 0.6) is 5.75 Å². The molecule has 4 nitrogen and oxygen atoms in total. The lowest BCUT2D eigenvalue weighted by Crippen LogP contribution is -2.33. The van der Waals surface area contributed by atoms with Gasteiger partial charge in [-0.25, -0.2) is 4.39 Å².